The number of carbonyl (C=O) groups is 1. The molecule has 15 heavy (non-hydrogen) atoms. The van der Waals surface area contributed by atoms with Crippen LogP contribution in [0.2, 0.25) is 0 Å². The smallest absolute Gasteiger partial charge is 0.162 e. The Morgan fingerprint density at radius 1 is 1.47 bits per heavy atom. The van der Waals surface area contributed by atoms with Crippen molar-refractivity contribution < 1.29 is 9.53 Å². The summed E-state index contributed by atoms with van der Waals surface area (Å²) in [6.07, 6.45) is 0.544. The number of rotatable bonds is 5. The zero-order chi connectivity index (χ0) is 11.3. The second-order valence-electron chi connectivity index (χ2n) is 3.71. The largest absolute Gasteiger partial charge is 0.371 e. The lowest BCUT2D eigenvalue weighted by atomic mass is 10.1. The maximum absolute atomic E-state index is 11.5. The third-order valence-electron chi connectivity index (χ3n) is 1.87. The summed E-state index contributed by atoms with van der Waals surface area (Å²) >= 11 is 3.37. The summed E-state index contributed by atoms with van der Waals surface area (Å²) in [6, 6.07) is 7.76. The Balaban J connectivity index is 2.44. The summed E-state index contributed by atoms with van der Waals surface area (Å²) in [6.45, 7) is 4.04. The first-order chi connectivity index (χ1) is 7.08. The van der Waals surface area contributed by atoms with Crippen LogP contribution in [0.1, 0.15) is 19.4 Å². The fraction of sp³-hybridized carbons (Fsp3) is 0.417. The molecule has 3 heteroatoms. The SMILES string of the molecule is CC(C)OCC(=O)Cc1cccc(Br)c1. The molecule has 2 nitrogen and oxygen atoms in total. The molecular formula is C12H15BrO2. The van der Waals surface area contributed by atoms with E-state index in [0.29, 0.717) is 6.42 Å². The summed E-state index contributed by atoms with van der Waals surface area (Å²) in [5.74, 6) is 0.113. The van der Waals surface area contributed by atoms with Crippen molar-refractivity contribution in [3.63, 3.8) is 0 Å². The first-order valence-corrected chi connectivity index (χ1v) is 5.75. The number of carbonyl (C=O) groups excluding carboxylic acids is 1. The van der Waals surface area contributed by atoms with Gasteiger partial charge >= 0.3 is 0 Å². The van der Waals surface area contributed by atoms with Gasteiger partial charge in [-0.25, -0.2) is 0 Å². The minimum atomic E-state index is 0.108. The Kier molecular flexibility index (Phi) is 4.99. The third-order valence-corrected chi connectivity index (χ3v) is 2.36. The van der Waals surface area contributed by atoms with E-state index in [1.807, 2.05) is 38.1 Å². The molecule has 0 spiro atoms. The first-order valence-electron chi connectivity index (χ1n) is 4.95. The predicted octanol–water partition coefficient (Wildman–Crippen LogP) is 2.99. The fourth-order valence-electron chi connectivity index (χ4n) is 1.19. The molecule has 0 bridgehead atoms. The lowest BCUT2D eigenvalue weighted by Gasteiger charge is -2.06. The topological polar surface area (TPSA) is 26.3 Å². The van der Waals surface area contributed by atoms with E-state index in [-0.39, 0.29) is 18.5 Å². The summed E-state index contributed by atoms with van der Waals surface area (Å²) in [5.41, 5.74) is 1.02. The number of Topliss-reactive ketones (excluding diaryl/α,β-unsaturated/α-hetero) is 1. The van der Waals surface area contributed by atoms with Crippen molar-refractivity contribution in [1.29, 1.82) is 0 Å². The van der Waals surface area contributed by atoms with E-state index in [2.05, 4.69) is 15.9 Å². The van der Waals surface area contributed by atoms with E-state index < -0.39 is 0 Å². The highest BCUT2D eigenvalue weighted by atomic mass is 79.9. The van der Waals surface area contributed by atoms with Crippen LogP contribution in [-0.2, 0) is 16.0 Å². The van der Waals surface area contributed by atoms with Crippen LogP contribution in [0, 0.1) is 0 Å². The van der Waals surface area contributed by atoms with Gasteiger partial charge < -0.3 is 4.74 Å². The van der Waals surface area contributed by atoms with Crippen molar-refractivity contribution in [3.8, 4) is 0 Å². The minimum absolute atomic E-state index is 0.108. The van der Waals surface area contributed by atoms with Crippen LogP contribution in [0.5, 0.6) is 0 Å². The van der Waals surface area contributed by atoms with Gasteiger partial charge in [-0.2, -0.15) is 0 Å². The molecule has 0 heterocycles. The van der Waals surface area contributed by atoms with Gasteiger partial charge in [0, 0.05) is 10.9 Å². The van der Waals surface area contributed by atoms with Crippen molar-refractivity contribution in [2.45, 2.75) is 26.4 Å². The molecule has 0 N–H and O–H groups in total. The maximum atomic E-state index is 11.5. The van der Waals surface area contributed by atoms with Gasteiger partial charge in [-0.15, -0.1) is 0 Å². The Hall–Kier alpha value is -0.670. The van der Waals surface area contributed by atoms with Crippen LogP contribution in [0.3, 0.4) is 0 Å². The minimum Gasteiger partial charge on any atom is -0.371 e. The molecule has 1 rings (SSSR count). The molecule has 0 aliphatic carbocycles. The number of hydrogen-bond donors (Lipinski definition) is 0. The molecule has 0 saturated carbocycles. The second-order valence-corrected chi connectivity index (χ2v) is 4.62. The Morgan fingerprint density at radius 3 is 2.80 bits per heavy atom. The maximum Gasteiger partial charge on any atom is 0.162 e. The standard InChI is InChI=1S/C12H15BrO2/c1-9(2)15-8-12(14)7-10-4-3-5-11(13)6-10/h3-6,9H,7-8H2,1-2H3. The average molecular weight is 271 g/mol. The van der Waals surface area contributed by atoms with E-state index in [1.54, 1.807) is 0 Å². The van der Waals surface area contributed by atoms with Gasteiger partial charge in [0.05, 0.1) is 6.10 Å². The number of halogens is 1. The van der Waals surface area contributed by atoms with Gasteiger partial charge in [0.1, 0.15) is 6.61 Å². The molecular weight excluding hydrogens is 256 g/mol. The van der Waals surface area contributed by atoms with E-state index in [1.165, 1.54) is 0 Å². The van der Waals surface area contributed by atoms with Crippen molar-refractivity contribution in [2.24, 2.45) is 0 Å². The van der Waals surface area contributed by atoms with Gasteiger partial charge in [0.2, 0.25) is 0 Å². The number of hydrogen-bond acceptors (Lipinski definition) is 2. The Bertz CT molecular complexity index is 334. The van der Waals surface area contributed by atoms with E-state index >= 15 is 0 Å². The predicted molar refractivity (Wildman–Crippen MR) is 63.9 cm³/mol. The summed E-state index contributed by atoms with van der Waals surface area (Å²) in [5, 5.41) is 0. The molecule has 0 aliphatic rings. The summed E-state index contributed by atoms with van der Waals surface area (Å²) < 4.78 is 6.24. The third kappa shape index (κ3) is 5.09. The highest BCUT2D eigenvalue weighted by Crippen LogP contribution is 2.12. The van der Waals surface area contributed by atoms with Crippen LogP contribution in [0.15, 0.2) is 28.7 Å². The van der Waals surface area contributed by atoms with Crippen molar-refractivity contribution in [2.75, 3.05) is 6.61 Å². The Labute approximate surface area is 98.8 Å². The van der Waals surface area contributed by atoms with Crippen LogP contribution >= 0.6 is 15.9 Å². The fourth-order valence-corrected chi connectivity index (χ4v) is 1.63. The van der Waals surface area contributed by atoms with E-state index in [4.69, 9.17) is 4.74 Å². The van der Waals surface area contributed by atoms with Gasteiger partial charge in [-0.3, -0.25) is 4.79 Å². The lowest BCUT2D eigenvalue weighted by Crippen LogP contribution is -2.15. The molecule has 0 atom stereocenters. The average Bonchev–Trinajstić information content (AvgIpc) is 2.15. The molecule has 0 aliphatic heterocycles. The van der Waals surface area contributed by atoms with Crippen LogP contribution in [-0.4, -0.2) is 18.5 Å². The van der Waals surface area contributed by atoms with Gasteiger partial charge in [0.25, 0.3) is 0 Å². The molecule has 1 aromatic carbocycles. The van der Waals surface area contributed by atoms with Crippen molar-refractivity contribution >= 4 is 21.7 Å². The second kappa shape index (κ2) is 6.03. The monoisotopic (exact) mass is 270 g/mol. The van der Waals surface area contributed by atoms with E-state index in [0.717, 1.165) is 10.0 Å². The highest BCUT2D eigenvalue weighted by molar-refractivity contribution is 9.10. The molecule has 0 fully saturated rings. The van der Waals surface area contributed by atoms with Crippen LogP contribution in [0.25, 0.3) is 0 Å². The van der Waals surface area contributed by atoms with Crippen LogP contribution < -0.4 is 0 Å². The van der Waals surface area contributed by atoms with Crippen molar-refractivity contribution in [3.05, 3.63) is 34.3 Å². The first kappa shape index (κ1) is 12.4. The van der Waals surface area contributed by atoms with E-state index in [9.17, 15) is 4.79 Å². The lowest BCUT2D eigenvalue weighted by molar-refractivity contribution is -0.124. The quantitative estimate of drug-likeness (QED) is 0.823. The molecule has 0 saturated heterocycles. The molecule has 0 amide bonds. The molecule has 82 valence electrons. The zero-order valence-electron chi connectivity index (χ0n) is 9.00. The number of benzene rings is 1. The molecule has 0 aromatic heterocycles. The van der Waals surface area contributed by atoms with Gasteiger partial charge in [0.15, 0.2) is 5.78 Å². The van der Waals surface area contributed by atoms with Crippen LogP contribution in [0.4, 0.5) is 0 Å². The Morgan fingerprint density at radius 2 is 2.20 bits per heavy atom. The normalized spacial score (nSPS) is 10.7. The van der Waals surface area contributed by atoms with Gasteiger partial charge in [-0.05, 0) is 31.5 Å². The molecule has 0 unspecified atom stereocenters. The zero-order valence-corrected chi connectivity index (χ0v) is 10.6. The highest BCUT2D eigenvalue weighted by Gasteiger charge is 2.05. The van der Waals surface area contributed by atoms with Crippen molar-refractivity contribution in [1.82, 2.24) is 0 Å². The number of ether oxygens (including phenoxy) is 1. The summed E-state index contributed by atoms with van der Waals surface area (Å²) in [7, 11) is 0. The summed E-state index contributed by atoms with van der Waals surface area (Å²) in [4.78, 5) is 11.5. The van der Waals surface area contributed by atoms with Gasteiger partial charge in [-0.1, -0.05) is 28.1 Å². The molecule has 1 aromatic rings. The molecule has 0 radical (unpaired) electrons. The number of ketones is 1.